The quantitative estimate of drug-likeness (QED) is 0.360. The van der Waals surface area contributed by atoms with Crippen molar-refractivity contribution in [2.75, 3.05) is 19.7 Å². The predicted molar refractivity (Wildman–Crippen MR) is 160 cm³/mol. The lowest BCUT2D eigenvalue weighted by Crippen LogP contribution is -2.58. The van der Waals surface area contributed by atoms with Crippen LogP contribution in [0, 0.1) is 0 Å². The Morgan fingerprint density at radius 1 is 0.929 bits per heavy atom. The summed E-state index contributed by atoms with van der Waals surface area (Å²) in [4.78, 5) is 42.7. The molecule has 3 aromatic carbocycles. The predicted octanol–water partition coefficient (Wildman–Crippen LogP) is 4.41. The van der Waals surface area contributed by atoms with Crippen molar-refractivity contribution in [1.82, 2.24) is 15.1 Å². The first-order valence-electron chi connectivity index (χ1n) is 14.4. The highest BCUT2D eigenvalue weighted by molar-refractivity contribution is 6.30. The van der Waals surface area contributed by atoms with Gasteiger partial charge in [-0.05, 0) is 65.1 Å². The van der Waals surface area contributed by atoms with Crippen LogP contribution in [-0.4, -0.2) is 69.7 Å². The van der Waals surface area contributed by atoms with Gasteiger partial charge in [0.2, 0.25) is 11.8 Å². The zero-order valence-electron chi connectivity index (χ0n) is 23.4. The van der Waals surface area contributed by atoms with Crippen molar-refractivity contribution >= 4 is 29.5 Å². The first kappa shape index (κ1) is 29.6. The second-order valence-corrected chi connectivity index (χ2v) is 11.5. The van der Waals surface area contributed by atoms with Crippen LogP contribution < -0.4 is 5.32 Å². The normalized spacial score (nSPS) is 17.8. The number of hydrogen-bond acceptors (Lipinski definition) is 4. The average molecular weight is 590 g/mol. The second kappa shape index (κ2) is 13.4. The number of nitrogens with one attached hydrogen (secondary N) is 1. The van der Waals surface area contributed by atoms with Gasteiger partial charge in [-0.1, -0.05) is 72.3 Å². The number of aliphatic hydroxyl groups excluding tert-OH is 1. The van der Waals surface area contributed by atoms with E-state index in [2.05, 4.69) is 11.4 Å². The molecule has 3 aromatic rings. The number of carboxylic acid groups (broad SMARTS) is 1. The van der Waals surface area contributed by atoms with Crippen LogP contribution in [0.2, 0.25) is 5.02 Å². The fourth-order valence-electron chi connectivity index (χ4n) is 6.19. The summed E-state index contributed by atoms with van der Waals surface area (Å²) in [5.74, 6) is -0.377. The van der Waals surface area contributed by atoms with Gasteiger partial charge in [-0.15, -0.1) is 0 Å². The van der Waals surface area contributed by atoms with Crippen molar-refractivity contribution in [1.29, 1.82) is 0 Å². The smallest absolute Gasteiger partial charge is 0.408 e. The van der Waals surface area contributed by atoms with E-state index < -0.39 is 24.1 Å². The number of hydrogen-bond donors (Lipinski definition) is 3. The Balaban J connectivity index is 1.33. The number of rotatable bonds is 8. The third-order valence-corrected chi connectivity index (χ3v) is 8.70. The number of amides is 3. The van der Waals surface area contributed by atoms with Crippen molar-refractivity contribution in [3.05, 3.63) is 106 Å². The number of fused-ring (bicyclic) bond motifs is 1. The minimum Gasteiger partial charge on any atom is -0.465 e. The summed E-state index contributed by atoms with van der Waals surface area (Å²) >= 11 is 6.08. The van der Waals surface area contributed by atoms with Crippen LogP contribution in [0.5, 0.6) is 0 Å². The molecular formula is C33H36ClN3O5. The van der Waals surface area contributed by atoms with Crippen molar-refractivity contribution in [3.8, 4) is 0 Å². The molecule has 9 heteroatoms. The SMILES string of the molecule is O=C(N[C@H](Cc1ccc(Cl)cc1)C(=O)N1CCC(c2ccccc2CCO)CC1)[C@@H]1Cc2ccccc2CN1C(=O)O. The highest BCUT2D eigenvalue weighted by atomic mass is 35.5. The van der Waals surface area contributed by atoms with Crippen molar-refractivity contribution < 1.29 is 24.6 Å². The fourth-order valence-corrected chi connectivity index (χ4v) is 6.32. The number of benzene rings is 3. The molecule has 2 heterocycles. The summed E-state index contributed by atoms with van der Waals surface area (Å²) < 4.78 is 0. The Labute approximate surface area is 250 Å². The molecule has 42 heavy (non-hydrogen) atoms. The van der Waals surface area contributed by atoms with Gasteiger partial charge in [0.25, 0.3) is 0 Å². The summed E-state index contributed by atoms with van der Waals surface area (Å²) in [6, 6.07) is 21.0. The molecule has 0 unspecified atom stereocenters. The van der Waals surface area contributed by atoms with E-state index in [0.29, 0.717) is 24.5 Å². The summed E-state index contributed by atoms with van der Waals surface area (Å²) in [5.41, 5.74) is 5.00. The highest BCUT2D eigenvalue weighted by Gasteiger charge is 2.37. The van der Waals surface area contributed by atoms with Gasteiger partial charge in [0.1, 0.15) is 12.1 Å². The molecule has 220 valence electrons. The summed E-state index contributed by atoms with van der Waals surface area (Å²) in [6.45, 7) is 1.29. The molecule has 1 saturated heterocycles. The minimum absolute atomic E-state index is 0.0896. The molecule has 1 fully saturated rings. The van der Waals surface area contributed by atoms with Crippen molar-refractivity contribution in [3.63, 3.8) is 0 Å². The van der Waals surface area contributed by atoms with E-state index in [9.17, 15) is 24.6 Å². The number of likely N-dealkylation sites (tertiary alicyclic amines) is 1. The topological polar surface area (TPSA) is 110 Å². The maximum atomic E-state index is 13.9. The second-order valence-electron chi connectivity index (χ2n) is 11.1. The van der Waals surface area contributed by atoms with Crippen LogP contribution in [0.1, 0.15) is 46.6 Å². The Hall–Kier alpha value is -3.88. The zero-order valence-corrected chi connectivity index (χ0v) is 24.2. The minimum atomic E-state index is -1.17. The van der Waals surface area contributed by atoms with Gasteiger partial charge >= 0.3 is 6.09 Å². The van der Waals surface area contributed by atoms with Gasteiger partial charge in [0.05, 0.1) is 6.54 Å². The molecule has 3 amide bonds. The molecule has 2 aliphatic rings. The standard InChI is InChI=1S/C33H36ClN3O5/c34-27-11-9-22(10-12-27)19-29(35-31(39)30-20-25-6-1-2-7-26(25)21-37(30)33(41)42)32(40)36-16-13-24(14-17-36)28-8-4-3-5-23(28)15-18-38/h1-12,24,29-30,38H,13-21H2,(H,35,39)(H,41,42)/t29-,30+/m1/s1. The number of nitrogens with zero attached hydrogens (tertiary/aromatic N) is 2. The van der Waals surface area contributed by atoms with E-state index in [0.717, 1.165) is 40.0 Å². The van der Waals surface area contributed by atoms with Crippen LogP contribution in [-0.2, 0) is 35.4 Å². The molecule has 8 nitrogen and oxygen atoms in total. The molecule has 0 aromatic heterocycles. The van der Waals surface area contributed by atoms with Crippen LogP contribution >= 0.6 is 11.6 Å². The summed E-state index contributed by atoms with van der Waals surface area (Å²) in [5, 5.41) is 22.9. The first-order chi connectivity index (χ1) is 20.3. The molecular weight excluding hydrogens is 554 g/mol. The number of piperidine rings is 1. The molecule has 0 bridgehead atoms. The molecule has 0 aliphatic carbocycles. The van der Waals surface area contributed by atoms with E-state index in [-0.39, 0.29) is 37.8 Å². The average Bonchev–Trinajstić information content (AvgIpc) is 3.01. The molecule has 3 N–H and O–H groups in total. The maximum absolute atomic E-state index is 13.9. The van der Waals surface area contributed by atoms with Gasteiger partial charge in [-0.3, -0.25) is 14.5 Å². The largest absolute Gasteiger partial charge is 0.465 e. The lowest BCUT2D eigenvalue weighted by molar-refractivity contribution is -0.138. The summed E-state index contributed by atoms with van der Waals surface area (Å²) in [7, 11) is 0. The third-order valence-electron chi connectivity index (χ3n) is 8.45. The van der Waals surface area contributed by atoms with Crippen LogP contribution in [0.25, 0.3) is 0 Å². The van der Waals surface area contributed by atoms with E-state index >= 15 is 0 Å². The lowest BCUT2D eigenvalue weighted by atomic mass is 9.85. The molecule has 2 aliphatic heterocycles. The van der Waals surface area contributed by atoms with E-state index in [4.69, 9.17) is 11.6 Å². The number of carbonyl (C=O) groups is 3. The fraction of sp³-hybridized carbons (Fsp3) is 0.364. The van der Waals surface area contributed by atoms with E-state index in [1.54, 1.807) is 17.0 Å². The van der Waals surface area contributed by atoms with Crippen LogP contribution in [0.4, 0.5) is 4.79 Å². The Kier molecular flexibility index (Phi) is 9.45. The van der Waals surface area contributed by atoms with Gasteiger partial charge in [0, 0.05) is 37.6 Å². The molecule has 0 radical (unpaired) electrons. The molecule has 2 atom stereocenters. The van der Waals surface area contributed by atoms with Gasteiger partial charge in [-0.25, -0.2) is 4.79 Å². The van der Waals surface area contributed by atoms with Crippen molar-refractivity contribution in [2.45, 2.75) is 56.7 Å². The Bertz CT molecular complexity index is 1420. The Morgan fingerprint density at radius 2 is 1.60 bits per heavy atom. The maximum Gasteiger partial charge on any atom is 0.408 e. The zero-order chi connectivity index (χ0) is 29.6. The first-order valence-corrected chi connectivity index (χ1v) is 14.8. The summed E-state index contributed by atoms with van der Waals surface area (Å²) in [6.07, 6.45) is 1.49. The van der Waals surface area contributed by atoms with E-state index in [1.165, 1.54) is 5.56 Å². The lowest BCUT2D eigenvalue weighted by Gasteiger charge is -2.37. The van der Waals surface area contributed by atoms with Gasteiger partial charge in [-0.2, -0.15) is 0 Å². The van der Waals surface area contributed by atoms with Gasteiger partial charge in [0.15, 0.2) is 0 Å². The van der Waals surface area contributed by atoms with E-state index in [1.807, 2.05) is 54.6 Å². The number of aliphatic hydroxyl groups is 1. The molecule has 0 spiro atoms. The molecule has 0 saturated carbocycles. The monoisotopic (exact) mass is 589 g/mol. The molecule has 5 rings (SSSR count). The number of carbonyl (C=O) groups excluding carboxylic acids is 2. The number of halogens is 1. The van der Waals surface area contributed by atoms with Crippen LogP contribution in [0.3, 0.4) is 0 Å². The highest BCUT2D eigenvalue weighted by Crippen LogP contribution is 2.31. The third kappa shape index (κ3) is 6.77. The van der Waals surface area contributed by atoms with Crippen LogP contribution in [0.15, 0.2) is 72.8 Å². The Morgan fingerprint density at radius 3 is 2.29 bits per heavy atom. The van der Waals surface area contributed by atoms with Crippen molar-refractivity contribution in [2.24, 2.45) is 0 Å². The van der Waals surface area contributed by atoms with Gasteiger partial charge < -0.3 is 20.4 Å².